The van der Waals surface area contributed by atoms with Gasteiger partial charge in [-0.15, -0.1) is 0 Å². The van der Waals surface area contributed by atoms with Gasteiger partial charge in [-0.1, -0.05) is 13.0 Å². The topological polar surface area (TPSA) is 89.3 Å². The number of aromatic amines is 2. The van der Waals surface area contributed by atoms with Crippen LogP contribution >= 0.6 is 0 Å². The van der Waals surface area contributed by atoms with E-state index in [1.807, 2.05) is 20.9 Å². The maximum atomic E-state index is 11.8. The summed E-state index contributed by atoms with van der Waals surface area (Å²) in [4.78, 5) is 43.1. The Morgan fingerprint density at radius 2 is 2.13 bits per heavy atom. The maximum Gasteiger partial charge on any atom is 0.325 e. The number of H-pyrrole nitrogens is 2. The van der Waals surface area contributed by atoms with Gasteiger partial charge in [0.2, 0.25) is 5.91 Å². The van der Waals surface area contributed by atoms with Gasteiger partial charge in [-0.3, -0.25) is 19.5 Å². The molecular weight excluding hydrogens is 296 g/mol. The smallest absolute Gasteiger partial charge is 0.325 e. The number of nitrogens with zero attached hydrogens (tertiary/aromatic N) is 2. The van der Waals surface area contributed by atoms with Crippen LogP contribution in [0.2, 0.25) is 0 Å². The van der Waals surface area contributed by atoms with Gasteiger partial charge < -0.3 is 9.88 Å². The van der Waals surface area contributed by atoms with Crippen molar-refractivity contribution in [3.8, 4) is 0 Å². The molecule has 0 spiro atoms. The van der Waals surface area contributed by atoms with Gasteiger partial charge in [-0.25, -0.2) is 4.79 Å². The van der Waals surface area contributed by atoms with E-state index in [0.717, 1.165) is 19.5 Å². The highest BCUT2D eigenvalue weighted by Gasteiger charge is 2.21. The highest BCUT2D eigenvalue weighted by molar-refractivity contribution is 5.76. The molecule has 0 aromatic carbocycles. The molecule has 2 rings (SSSR count). The highest BCUT2D eigenvalue weighted by atomic mass is 16.2. The Bertz CT molecular complexity index is 676. The van der Waals surface area contributed by atoms with E-state index in [2.05, 4.69) is 20.9 Å². The van der Waals surface area contributed by atoms with Crippen LogP contribution in [-0.2, 0) is 11.3 Å². The molecule has 1 unspecified atom stereocenters. The molecule has 0 saturated heterocycles. The van der Waals surface area contributed by atoms with E-state index in [-0.39, 0.29) is 17.5 Å². The second-order valence-electron chi connectivity index (χ2n) is 5.91. The van der Waals surface area contributed by atoms with E-state index < -0.39 is 5.69 Å². The van der Waals surface area contributed by atoms with Gasteiger partial charge in [-0.05, 0) is 18.9 Å². The van der Waals surface area contributed by atoms with Gasteiger partial charge in [-0.2, -0.15) is 0 Å². The third-order valence-electron chi connectivity index (χ3n) is 4.35. The number of carbonyl (C=O) groups is 1. The summed E-state index contributed by atoms with van der Waals surface area (Å²) in [5, 5.41) is 0. The largest absolute Gasteiger partial charge is 0.339 e. The molecule has 2 heterocycles. The molecule has 0 bridgehead atoms. The van der Waals surface area contributed by atoms with Crippen LogP contribution in [-0.4, -0.2) is 51.9 Å². The number of hydrogen-bond acceptors (Lipinski definition) is 4. The molecule has 7 nitrogen and oxygen atoms in total. The predicted molar refractivity (Wildman–Crippen MR) is 88.2 cm³/mol. The van der Waals surface area contributed by atoms with Crippen molar-refractivity contribution >= 4 is 5.91 Å². The van der Waals surface area contributed by atoms with E-state index >= 15 is 0 Å². The highest BCUT2D eigenvalue weighted by Crippen LogP contribution is 2.19. The first-order valence-electron chi connectivity index (χ1n) is 7.90. The number of aromatic nitrogens is 2. The van der Waals surface area contributed by atoms with Gasteiger partial charge in [0.15, 0.2) is 0 Å². The van der Waals surface area contributed by atoms with E-state index in [9.17, 15) is 14.4 Å². The van der Waals surface area contributed by atoms with Crippen molar-refractivity contribution in [3.63, 3.8) is 0 Å². The molecule has 1 aliphatic rings. The lowest BCUT2D eigenvalue weighted by Gasteiger charge is -2.32. The molecule has 2 N–H and O–H groups in total. The Morgan fingerprint density at radius 3 is 2.70 bits per heavy atom. The van der Waals surface area contributed by atoms with Crippen LogP contribution in [0.3, 0.4) is 0 Å². The number of nitrogens with one attached hydrogen (secondary N) is 2. The summed E-state index contributed by atoms with van der Waals surface area (Å²) in [6.07, 6.45) is 3.52. The van der Waals surface area contributed by atoms with Crippen molar-refractivity contribution in [1.29, 1.82) is 0 Å². The van der Waals surface area contributed by atoms with Crippen LogP contribution in [0.4, 0.5) is 0 Å². The Balaban J connectivity index is 1.99. The van der Waals surface area contributed by atoms with Crippen LogP contribution in [0.15, 0.2) is 27.3 Å². The lowest BCUT2D eigenvalue weighted by atomic mass is 10.00. The quantitative estimate of drug-likeness (QED) is 0.771. The normalized spacial score (nSPS) is 16.7. The van der Waals surface area contributed by atoms with Crippen molar-refractivity contribution in [3.05, 3.63) is 44.2 Å². The van der Waals surface area contributed by atoms with Crippen LogP contribution in [0.25, 0.3) is 0 Å². The Hall–Kier alpha value is -2.15. The summed E-state index contributed by atoms with van der Waals surface area (Å²) >= 11 is 0. The monoisotopic (exact) mass is 320 g/mol. The van der Waals surface area contributed by atoms with Gasteiger partial charge >= 0.3 is 5.69 Å². The molecule has 1 aromatic rings. The number of hydrogen-bond donors (Lipinski definition) is 2. The molecule has 7 heteroatoms. The van der Waals surface area contributed by atoms with Crippen LogP contribution in [0.1, 0.15) is 32.4 Å². The van der Waals surface area contributed by atoms with E-state index in [1.54, 1.807) is 4.90 Å². The summed E-state index contributed by atoms with van der Waals surface area (Å²) < 4.78 is 0. The van der Waals surface area contributed by atoms with Crippen LogP contribution < -0.4 is 11.2 Å². The van der Waals surface area contributed by atoms with Crippen LogP contribution in [0.5, 0.6) is 0 Å². The maximum absolute atomic E-state index is 11.8. The first-order chi connectivity index (χ1) is 10.9. The van der Waals surface area contributed by atoms with E-state index in [0.29, 0.717) is 18.7 Å². The van der Waals surface area contributed by atoms with Crippen molar-refractivity contribution in [2.45, 2.75) is 39.3 Å². The van der Waals surface area contributed by atoms with E-state index in [4.69, 9.17) is 0 Å². The lowest BCUT2D eigenvalue weighted by Crippen LogP contribution is -2.39. The molecule has 0 aliphatic carbocycles. The number of rotatable bonds is 5. The molecule has 1 aliphatic heterocycles. The molecule has 126 valence electrons. The predicted octanol–water partition coefficient (Wildman–Crippen LogP) is 0.452. The lowest BCUT2D eigenvalue weighted by molar-refractivity contribution is -0.130. The fraction of sp³-hybridized carbons (Fsp3) is 0.562. The Labute approximate surface area is 135 Å². The zero-order chi connectivity index (χ0) is 17.0. The fourth-order valence-electron chi connectivity index (χ4n) is 2.81. The minimum atomic E-state index is -0.478. The first-order valence-corrected chi connectivity index (χ1v) is 7.90. The molecule has 0 saturated carbocycles. The molecule has 0 radical (unpaired) electrons. The Kier molecular flexibility index (Phi) is 5.54. The molecule has 1 atom stereocenters. The summed E-state index contributed by atoms with van der Waals surface area (Å²) in [5.41, 5.74) is 1.01. The minimum Gasteiger partial charge on any atom is -0.339 e. The molecular formula is C16H24N4O3. The summed E-state index contributed by atoms with van der Waals surface area (Å²) in [5.74, 6) is 0.141. The van der Waals surface area contributed by atoms with Crippen molar-refractivity contribution < 1.29 is 4.79 Å². The van der Waals surface area contributed by atoms with Gasteiger partial charge in [0.25, 0.3) is 5.56 Å². The SMILES string of the molecule is CCC(=O)N(C)C(C)C1=CCN(Cc2cc(=O)[nH]c(=O)[nH]2)CC1. The third kappa shape index (κ3) is 4.41. The minimum absolute atomic E-state index is 0.101. The van der Waals surface area contributed by atoms with Crippen LogP contribution in [0, 0.1) is 0 Å². The number of likely N-dealkylation sites (N-methyl/N-ethyl adjacent to an activating group) is 1. The molecule has 23 heavy (non-hydrogen) atoms. The molecule has 0 fully saturated rings. The zero-order valence-electron chi connectivity index (χ0n) is 13.9. The Morgan fingerprint density at radius 1 is 1.39 bits per heavy atom. The third-order valence-corrected chi connectivity index (χ3v) is 4.35. The first kappa shape index (κ1) is 17.2. The standard InChI is InChI=1S/C16H24N4O3/c1-4-15(22)19(3)11(2)12-5-7-20(8-6-12)10-13-9-14(21)18-16(23)17-13/h5,9,11H,4,6-8,10H2,1-3H3,(H2,17,18,21,23). The summed E-state index contributed by atoms with van der Waals surface area (Å²) in [7, 11) is 1.84. The average Bonchev–Trinajstić information content (AvgIpc) is 2.52. The van der Waals surface area contributed by atoms with Gasteiger partial charge in [0.1, 0.15) is 0 Å². The van der Waals surface area contributed by atoms with Gasteiger partial charge in [0, 0.05) is 50.9 Å². The molecule has 1 amide bonds. The second-order valence-corrected chi connectivity index (χ2v) is 5.91. The number of carbonyl (C=O) groups excluding carboxylic acids is 1. The van der Waals surface area contributed by atoms with E-state index in [1.165, 1.54) is 11.6 Å². The molecule has 1 aromatic heterocycles. The zero-order valence-corrected chi connectivity index (χ0v) is 13.9. The summed E-state index contributed by atoms with van der Waals surface area (Å²) in [6.45, 7) is 6.01. The van der Waals surface area contributed by atoms with Crippen molar-refractivity contribution in [1.82, 2.24) is 19.8 Å². The number of amides is 1. The summed E-state index contributed by atoms with van der Waals surface area (Å²) in [6, 6.07) is 1.51. The fourth-order valence-corrected chi connectivity index (χ4v) is 2.81. The van der Waals surface area contributed by atoms with Crippen molar-refractivity contribution in [2.24, 2.45) is 0 Å². The second kappa shape index (κ2) is 7.41. The average molecular weight is 320 g/mol. The van der Waals surface area contributed by atoms with Gasteiger partial charge in [0.05, 0.1) is 0 Å². The van der Waals surface area contributed by atoms with Crippen molar-refractivity contribution in [2.75, 3.05) is 20.1 Å².